The highest BCUT2D eigenvalue weighted by Gasteiger charge is 2.09. The molecular weight excluding hydrogens is 238 g/mol. The Morgan fingerprint density at radius 1 is 1.11 bits per heavy atom. The molecule has 0 radical (unpaired) electrons. The van der Waals surface area contributed by atoms with E-state index >= 15 is 0 Å². The van der Waals surface area contributed by atoms with E-state index in [0.29, 0.717) is 5.95 Å². The minimum Gasteiger partial charge on any atom is -0.497 e. The number of nitrogens with two attached hydrogens (primary N) is 1. The smallest absolute Gasteiger partial charge is 0.205 e. The van der Waals surface area contributed by atoms with Crippen molar-refractivity contribution in [3.05, 3.63) is 48.0 Å². The van der Waals surface area contributed by atoms with Crippen molar-refractivity contribution in [1.29, 1.82) is 0 Å². The van der Waals surface area contributed by atoms with E-state index in [1.165, 1.54) is 5.56 Å². The highest BCUT2D eigenvalue weighted by atomic mass is 16.5. The van der Waals surface area contributed by atoms with Crippen molar-refractivity contribution in [3.8, 4) is 11.4 Å². The van der Waals surface area contributed by atoms with Gasteiger partial charge in [-0.05, 0) is 48.9 Å². The number of fused-ring (bicyclic) bond motifs is 1. The number of benzene rings is 2. The molecule has 0 fully saturated rings. The maximum Gasteiger partial charge on any atom is 0.205 e. The summed E-state index contributed by atoms with van der Waals surface area (Å²) in [6.45, 7) is 2.06. The van der Waals surface area contributed by atoms with E-state index in [-0.39, 0.29) is 0 Å². The van der Waals surface area contributed by atoms with E-state index < -0.39 is 0 Å². The molecule has 3 aromatic rings. The second-order valence-corrected chi connectivity index (χ2v) is 4.50. The van der Waals surface area contributed by atoms with E-state index in [9.17, 15) is 0 Å². The number of anilines is 1. The first-order chi connectivity index (χ1) is 9.19. The Balaban J connectivity index is 2.22. The summed E-state index contributed by atoms with van der Waals surface area (Å²) < 4.78 is 7.11. The van der Waals surface area contributed by atoms with Gasteiger partial charge < -0.3 is 10.5 Å². The summed E-state index contributed by atoms with van der Waals surface area (Å²) in [5.74, 6) is 1.31. The molecule has 0 saturated heterocycles. The van der Waals surface area contributed by atoms with Crippen molar-refractivity contribution in [2.24, 2.45) is 0 Å². The fraction of sp³-hybridized carbons (Fsp3) is 0.133. The molecule has 2 aromatic carbocycles. The van der Waals surface area contributed by atoms with Gasteiger partial charge in [0.05, 0.1) is 18.1 Å². The highest BCUT2D eigenvalue weighted by Crippen LogP contribution is 2.25. The molecule has 0 saturated carbocycles. The Labute approximate surface area is 111 Å². The average molecular weight is 253 g/mol. The van der Waals surface area contributed by atoms with E-state index in [0.717, 1.165) is 22.5 Å². The van der Waals surface area contributed by atoms with E-state index in [2.05, 4.69) is 18.0 Å². The van der Waals surface area contributed by atoms with Gasteiger partial charge in [-0.25, -0.2) is 4.98 Å². The molecule has 1 aromatic heterocycles. The summed E-state index contributed by atoms with van der Waals surface area (Å²) in [4.78, 5) is 4.38. The minimum atomic E-state index is 0.491. The number of nitrogens with zero attached hydrogens (tertiary/aromatic N) is 2. The lowest BCUT2D eigenvalue weighted by atomic mass is 10.2. The summed E-state index contributed by atoms with van der Waals surface area (Å²) in [6, 6.07) is 13.9. The molecule has 4 nitrogen and oxygen atoms in total. The van der Waals surface area contributed by atoms with Crippen LogP contribution in [0.5, 0.6) is 5.75 Å². The Kier molecular flexibility index (Phi) is 2.63. The number of rotatable bonds is 2. The van der Waals surface area contributed by atoms with Crippen LogP contribution in [0.15, 0.2) is 42.5 Å². The number of hydrogen-bond acceptors (Lipinski definition) is 3. The second kappa shape index (κ2) is 4.31. The summed E-state index contributed by atoms with van der Waals surface area (Å²) in [5.41, 5.74) is 10.1. The van der Waals surface area contributed by atoms with Gasteiger partial charge in [0.2, 0.25) is 5.95 Å². The number of hydrogen-bond donors (Lipinski definition) is 1. The number of aromatic nitrogens is 2. The van der Waals surface area contributed by atoms with Crippen molar-refractivity contribution in [2.75, 3.05) is 12.8 Å². The normalized spacial score (nSPS) is 10.8. The van der Waals surface area contributed by atoms with Gasteiger partial charge in [0.15, 0.2) is 0 Å². The lowest BCUT2D eigenvalue weighted by Crippen LogP contribution is -2.00. The first-order valence-electron chi connectivity index (χ1n) is 6.08. The molecule has 4 heteroatoms. The zero-order chi connectivity index (χ0) is 13.4. The summed E-state index contributed by atoms with van der Waals surface area (Å²) in [7, 11) is 1.65. The third-order valence-corrected chi connectivity index (χ3v) is 3.17. The average Bonchev–Trinajstić information content (AvgIpc) is 2.74. The van der Waals surface area contributed by atoms with Gasteiger partial charge in [-0.15, -0.1) is 0 Å². The number of aryl methyl sites for hydroxylation is 1. The topological polar surface area (TPSA) is 53.1 Å². The van der Waals surface area contributed by atoms with Gasteiger partial charge >= 0.3 is 0 Å². The predicted octanol–water partition coefficient (Wildman–Crippen LogP) is 2.92. The van der Waals surface area contributed by atoms with Crippen LogP contribution in [0.1, 0.15) is 5.56 Å². The molecule has 3 rings (SSSR count). The first-order valence-corrected chi connectivity index (χ1v) is 6.08. The Bertz CT molecular complexity index is 729. The Morgan fingerprint density at radius 2 is 1.84 bits per heavy atom. The summed E-state index contributed by atoms with van der Waals surface area (Å²) >= 11 is 0. The molecule has 2 N–H and O–H groups in total. The zero-order valence-corrected chi connectivity index (χ0v) is 10.9. The van der Waals surface area contributed by atoms with E-state index in [4.69, 9.17) is 10.5 Å². The largest absolute Gasteiger partial charge is 0.497 e. The molecule has 0 aliphatic rings. The molecule has 0 aliphatic heterocycles. The quantitative estimate of drug-likeness (QED) is 0.764. The van der Waals surface area contributed by atoms with Crippen molar-refractivity contribution in [3.63, 3.8) is 0 Å². The molecule has 0 amide bonds. The molecule has 0 unspecified atom stereocenters. The lowest BCUT2D eigenvalue weighted by molar-refractivity contribution is 0.415. The number of ether oxygens (including phenoxy) is 1. The molecular formula is C15H15N3O. The van der Waals surface area contributed by atoms with Gasteiger partial charge in [0.25, 0.3) is 0 Å². The molecule has 0 aliphatic carbocycles. The van der Waals surface area contributed by atoms with E-state index in [1.54, 1.807) is 7.11 Å². The molecule has 1 heterocycles. The van der Waals surface area contributed by atoms with Crippen LogP contribution < -0.4 is 10.5 Å². The van der Waals surface area contributed by atoms with Crippen LogP contribution in [0.25, 0.3) is 16.7 Å². The van der Waals surface area contributed by atoms with Gasteiger partial charge in [0, 0.05) is 5.69 Å². The molecule has 96 valence electrons. The standard InChI is InChI=1S/C15H15N3O/c1-10-3-8-13-14(9-10)18(15(16)17-13)11-4-6-12(19-2)7-5-11/h3-9H,1-2H3,(H2,16,17). The number of methoxy groups -OCH3 is 1. The fourth-order valence-electron chi connectivity index (χ4n) is 2.21. The Hall–Kier alpha value is -2.49. The van der Waals surface area contributed by atoms with Crippen molar-refractivity contribution < 1.29 is 4.74 Å². The van der Waals surface area contributed by atoms with Gasteiger partial charge in [-0.1, -0.05) is 6.07 Å². The fourth-order valence-corrected chi connectivity index (χ4v) is 2.21. The van der Waals surface area contributed by atoms with Crippen LogP contribution in [-0.2, 0) is 0 Å². The van der Waals surface area contributed by atoms with Gasteiger partial charge in [0.1, 0.15) is 5.75 Å². The highest BCUT2D eigenvalue weighted by molar-refractivity contribution is 5.81. The van der Waals surface area contributed by atoms with Crippen molar-refractivity contribution in [2.45, 2.75) is 6.92 Å². The van der Waals surface area contributed by atoms with Gasteiger partial charge in [-0.3, -0.25) is 4.57 Å². The Morgan fingerprint density at radius 3 is 2.53 bits per heavy atom. The third-order valence-electron chi connectivity index (χ3n) is 3.17. The van der Waals surface area contributed by atoms with Crippen LogP contribution in [0, 0.1) is 6.92 Å². The predicted molar refractivity (Wildman–Crippen MR) is 76.8 cm³/mol. The van der Waals surface area contributed by atoms with Crippen molar-refractivity contribution in [1.82, 2.24) is 9.55 Å². The summed E-state index contributed by atoms with van der Waals surface area (Å²) in [5, 5.41) is 0. The van der Waals surface area contributed by atoms with E-state index in [1.807, 2.05) is 41.0 Å². The summed E-state index contributed by atoms with van der Waals surface area (Å²) in [6.07, 6.45) is 0. The molecule has 0 spiro atoms. The second-order valence-electron chi connectivity index (χ2n) is 4.50. The van der Waals surface area contributed by atoms with Crippen LogP contribution in [0.4, 0.5) is 5.95 Å². The number of nitrogen functional groups attached to an aromatic ring is 1. The monoisotopic (exact) mass is 253 g/mol. The van der Waals surface area contributed by atoms with Crippen LogP contribution in [0.3, 0.4) is 0 Å². The zero-order valence-electron chi connectivity index (χ0n) is 10.9. The van der Waals surface area contributed by atoms with Crippen LogP contribution >= 0.6 is 0 Å². The van der Waals surface area contributed by atoms with Crippen LogP contribution in [0.2, 0.25) is 0 Å². The number of imidazole rings is 1. The third kappa shape index (κ3) is 1.91. The maximum atomic E-state index is 6.03. The first kappa shape index (κ1) is 11.6. The van der Waals surface area contributed by atoms with Gasteiger partial charge in [-0.2, -0.15) is 0 Å². The maximum absolute atomic E-state index is 6.03. The minimum absolute atomic E-state index is 0.491. The van der Waals surface area contributed by atoms with Crippen molar-refractivity contribution >= 4 is 17.0 Å². The molecule has 0 atom stereocenters. The molecule has 0 bridgehead atoms. The molecule has 19 heavy (non-hydrogen) atoms. The SMILES string of the molecule is COc1ccc(-n2c(N)nc3ccc(C)cc32)cc1. The van der Waals surface area contributed by atoms with Crippen LogP contribution in [-0.4, -0.2) is 16.7 Å². The lowest BCUT2D eigenvalue weighted by Gasteiger charge is -2.07.